The summed E-state index contributed by atoms with van der Waals surface area (Å²) < 4.78 is 29.3. The van der Waals surface area contributed by atoms with E-state index in [1.54, 1.807) is 19.3 Å². The SMILES string of the molecule is CCCCN(C)C(=O)Nc1ccc(F)c(Cc2c[nH]c3ncc(Cl)cc23)c1F. The number of nitrogens with one attached hydrogen (secondary N) is 2. The Hall–Kier alpha value is -2.67. The van der Waals surface area contributed by atoms with Gasteiger partial charge in [-0.15, -0.1) is 0 Å². The number of urea groups is 1. The van der Waals surface area contributed by atoms with Crippen LogP contribution < -0.4 is 5.32 Å². The normalized spacial score (nSPS) is 11.0. The summed E-state index contributed by atoms with van der Waals surface area (Å²) in [5.41, 5.74) is 1.06. The summed E-state index contributed by atoms with van der Waals surface area (Å²) in [6, 6.07) is 3.64. The van der Waals surface area contributed by atoms with Crippen molar-refractivity contribution in [3.63, 3.8) is 0 Å². The molecule has 3 rings (SSSR count). The Morgan fingerprint density at radius 3 is 2.89 bits per heavy atom. The Morgan fingerprint density at radius 2 is 2.14 bits per heavy atom. The van der Waals surface area contributed by atoms with Gasteiger partial charge in [-0.3, -0.25) is 0 Å². The van der Waals surface area contributed by atoms with Gasteiger partial charge < -0.3 is 15.2 Å². The number of halogens is 3. The third kappa shape index (κ3) is 4.25. The number of hydrogen-bond acceptors (Lipinski definition) is 2. The van der Waals surface area contributed by atoms with E-state index >= 15 is 0 Å². The number of carbonyl (C=O) groups is 1. The third-order valence-corrected chi connectivity index (χ3v) is 4.78. The van der Waals surface area contributed by atoms with E-state index in [9.17, 15) is 13.6 Å². The van der Waals surface area contributed by atoms with Crippen LogP contribution >= 0.6 is 11.6 Å². The number of rotatable bonds is 6. The zero-order valence-electron chi connectivity index (χ0n) is 15.7. The molecule has 0 bridgehead atoms. The lowest BCUT2D eigenvalue weighted by Gasteiger charge is -2.18. The maximum absolute atomic E-state index is 15.0. The molecule has 0 aliphatic heterocycles. The van der Waals surface area contributed by atoms with Crippen molar-refractivity contribution in [3.05, 3.63) is 58.4 Å². The molecule has 2 N–H and O–H groups in total. The molecule has 0 spiro atoms. The molecule has 2 heterocycles. The van der Waals surface area contributed by atoms with Crippen LogP contribution in [0.1, 0.15) is 30.9 Å². The molecular weight excluding hydrogens is 386 g/mol. The van der Waals surface area contributed by atoms with Crippen LogP contribution in [0.3, 0.4) is 0 Å². The second kappa shape index (κ2) is 8.56. The van der Waals surface area contributed by atoms with E-state index in [4.69, 9.17) is 11.6 Å². The topological polar surface area (TPSA) is 61.0 Å². The first-order chi connectivity index (χ1) is 13.4. The molecule has 0 unspecified atom stereocenters. The van der Waals surface area contributed by atoms with Crippen molar-refractivity contribution in [1.29, 1.82) is 0 Å². The minimum atomic E-state index is -0.790. The summed E-state index contributed by atoms with van der Waals surface area (Å²) in [4.78, 5) is 20.8. The number of amides is 2. The molecule has 5 nitrogen and oxygen atoms in total. The highest BCUT2D eigenvalue weighted by molar-refractivity contribution is 6.31. The molecule has 0 saturated carbocycles. The molecular formula is C20H21ClF2N4O. The Bertz CT molecular complexity index is 1010. The zero-order valence-corrected chi connectivity index (χ0v) is 16.4. The van der Waals surface area contributed by atoms with Crippen LogP contribution in [0.15, 0.2) is 30.6 Å². The van der Waals surface area contributed by atoms with Gasteiger partial charge in [0.25, 0.3) is 0 Å². The van der Waals surface area contributed by atoms with Gasteiger partial charge in [0.15, 0.2) is 5.82 Å². The standard InChI is InChI=1S/C20H21ClF2N4O/c1-3-4-7-27(2)20(28)26-17-6-5-16(22)15(18(17)23)8-12-10-24-19-14(12)9-13(21)11-25-19/h5-6,9-11H,3-4,7-8H2,1-2H3,(H,24,25)(H,26,28). The summed E-state index contributed by atoms with van der Waals surface area (Å²) >= 11 is 5.98. The Labute approximate surface area is 166 Å². The molecule has 2 amide bonds. The predicted octanol–water partition coefficient (Wildman–Crippen LogP) is 5.35. The van der Waals surface area contributed by atoms with Crippen LogP contribution in [0, 0.1) is 11.6 Å². The summed E-state index contributed by atoms with van der Waals surface area (Å²) in [6.07, 6.45) is 4.93. The van der Waals surface area contributed by atoms with E-state index in [1.165, 1.54) is 17.2 Å². The molecule has 8 heteroatoms. The quantitative estimate of drug-likeness (QED) is 0.579. The van der Waals surface area contributed by atoms with E-state index < -0.39 is 17.7 Å². The second-order valence-corrected chi connectivity index (χ2v) is 7.07. The molecule has 28 heavy (non-hydrogen) atoms. The van der Waals surface area contributed by atoms with Crippen LogP contribution in [0.25, 0.3) is 11.0 Å². The Balaban J connectivity index is 1.86. The molecule has 2 aromatic heterocycles. The van der Waals surface area contributed by atoms with Crippen molar-refractivity contribution in [3.8, 4) is 0 Å². The molecule has 0 atom stereocenters. The van der Waals surface area contributed by atoms with Crippen molar-refractivity contribution >= 4 is 34.4 Å². The number of carbonyl (C=O) groups excluding carboxylic acids is 1. The first kappa shape index (κ1) is 20.1. The van der Waals surface area contributed by atoms with Gasteiger partial charge in [0, 0.05) is 43.4 Å². The summed E-state index contributed by atoms with van der Waals surface area (Å²) in [5, 5.41) is 3.65. The third-order valence-electron chi connectivity index (χ3n) is 4.57. The predicted molar refractivity (Wildman–Crippen MR) is 107 cm³/mol. The largest absolute Gasteiger partial charge is 0.346 e. The second-order valence-electron chi connectivity index (χ2n) is 6.63. The molecule has 3 aromatic rings. The average Bonchev–Trinajstić information content (AvgIpc) is 3.07. The Morgan fingerprint density at radius 1 is 1.36 bits per heavy atom. The van der Waals surface area contributed by atoms with Crippen LogP contribution in [-0.4, -0.2) is 34.5 Å². The van der Waals surface area contributed by atoms with E-state index in [1.807, 2.05) is 6.92 Å². The van der Waals surface area contributed by atoms with Crippen LogP contribution in [0.2, 0.25) is 5.02 Å². The van der Waals surface area contributed by atoms with Gasteiger partial charge in [-0.05, 0) is 30.2 Å². The van der Waals surface area contributed by atoms with Crippen molar-refractivity contribution in [1.82, 2.24) is 14.9 Å². The Kier molecular flexibility index (Phi) is 6.14. The lowest BCUT2D eigenvalue weighted by Crippen LogP contribution is -2.32. The van der Waals surface area contributed by atoms with Crippen molar-refractivity contribution < 1.29 is 13.6 Å². The van der Waals surface area contributed by atoms with Crippen molar-refractivity contribution in [2.24, 2.45) is 0 Å². The molecule has 0 fully saturated rings. The number of unbranched alkanes of at least 4 members (excludes halogenated alkanes) is 1. The van der Waals surface area contributed by atoms with Gasteiger partial charge in [0.2, 0.25) is 0 Å². The fourth-order valence-corrected chi connectivity index (χ4v) is 3.09. The van der Waals surface area contributed by atoms with Gasteiger partial charge in [-0.1, -0.05) is 24.9 Å². The van der Waals surface area contributed by atoms with Gasteiger partial charge in [-0.25, -0.2) is 18.6 Å². The molecule has 0 aliphatic rings. The number of anilines is 1. The molecule has 1 aromatic carbocycles. The monoisotopic (exact) mass is 406 g/mol. The van der Waals surface area contributed by atoms with E-state index in [-0.39, 0.29) is 17.7 Å². The van der Waals surface area contributed by atoms with Crippen molar-refractivity contribution in [2.75, 3.05) is 18.9 Å². The number of pyridine rings is 1. The fourth-order valence-electron chi connectivity index (χ4n) is 2.93. The number of benzene rings is 1. The van der Waals surface area contributed by atoms with Gasteiger partial charge >= 0.3 is 6.03 Å². The highest BCUT2D eigenvalue weighted by atomic mass is 35.5. The minimum Gasteiger partial charge on any atom is -0.346 e. The van der Waals surface area contributed by atoms with Crippen molar-refractivity contribution in [2.45, 2.75) is 26.2 Å². The summed E-state index contributed by atoms with van der Waals surface area (Å²) in [5.74, 6) is -1.47. The number of fused-ring (bicyclic) bond motifs is 1. The number of H-pyrrole nitrogens is 1. The number of hydrogen-bond donors (Lipinski definition) is 2. The van der Waals surface area contributed by atoms with Crippen LogP contribution in [0.4, 0.5) is 19.3 Å². The van der Waals surface area contributed by atoms with E-state index in [0.29, 0.717) is 28.2 Å². The number of aromatic nitrogens is 2. The number of nitrogens with zero attached hydrogens (tertiary/aromatic N) is 2. The highest BCUT2D eigenvalue weighted by Crippen LogP contribution is 2.27. The minimum absolute atomic E-state index is 0.00489. The zero-order chi connectivity index (χ0) is 20.3. The number of aromatic amines is 1. The smallest absolute Gasteiger partial charge is 0.321 e. The highest BCUT2D eigenvalue weighted by Gasteiger charge is 2.18. The fraction of sp³-hybridized carbons (Fsp3) is 0.300. The van der Waals surface area contributed by atoms with Gasteiger partial charge in [-0.2, -0.15) is 0 Å². The molecule has 0 saturated heterocycles. The molecule has 148 valence electrons. The van der Waals surface area contributed by atoms with Gasteiger partial charge in [0.05, 0.1) is 10.7 Å². The summed E-state index contributed by atoms with van der Waals surface area (Å²) in [6.45, 7) is 2.58. The maximum Gasteiger partial charge on any atom is 0.321 e. The maximum atomic E-state index is 15.0. The lowest BCUT2D eigenvalue weighted by molar-refractivity contribution is 0.221. The summed E-state index contributed by atoms with van der Waals surface area (Å²) in [7, 11) is 1.63. The van der Waals surface area contributed by atoms with E-state index in [0.717, 1.165) is 18.9 Å². The lowest BCUT2D eigenvalue weighted by atomic mass is 10.0. The molecule has 0 radical (unpaired) electrons. The first-order valence-corrected chi connectivity index (χ1v) is 9.39. The van der Waals surface area contributed by atoms with Crippen LogP contribution in [0.5, 0.6) is 0 Å². The average molecular weight is 407 g/mol. The molecule has 0 aliphatic carbocycles. The van der Waals surface area contributed by atoms with E-state index in [2.05, 4.69) is 15.3 Å². The van der Waals surface area contributed by atoms with Crippen LogP contribution in [-0.2, 0) is 6.42 Å². The first-order valence-electron chi connectivity index (χ1n) is 9.01. The van der Waals surface area contributed by atoms with Gasteiger partial charge in [0.1, 0.15) is 11.5 Å².